The quantitative estimate of drug-likeness (QED) is 0.789. The normalized spacial score (nSPS) is 28.4. The van der Waals surface area contributed by atoms with E-state index in [0.717, 1.165) is 55.8 Å². The van der Waals surface area contributed by atoms with Crippen LogP contribution in [0.4, 0.5) is 4.39 Å². The summed E-state index contributed by atoms with van der Waals surface area (Å²) in [5, 5.41) is 11.2. The van der Waals surface area contributed by atoms with Crippen LogP contribution in [0, 0.1) is 5.82 Å². The topological polar surface area (TPSA) is 80.5 Å². The molecule has 6 nitrogen and oxygen atoms in total. The van der Waals surface area contributed by atoms with Gasteiger partial charge < -0.3 is 4.52 Å². The van der Waals surface area contributed by atoms with Crippen LogP contribution in [0.25, 0.3) is 11.4 Å². The lowest BCUT2D eigenvalue weighted by Crippen LogP contribution is -2.47. The molecule has 2 aromatic heterocycles. The fourth-order valence-electron chi connectivity index (χ4n) is 4.48. The van der Waals surface area contributed by atoms with E-state index in [-0.39, 0.29) is 16.6 Å². The molecule has 3 aromatic rings. The van der Waals surface area contributed by atoms with Gasteiger partial charge in [-0.15, -0.1) is 0 Å². The fourth-order valence-corrected chi connectivity index (χ4v) is 4.48. The van der Waals surface area contributed by atoms with Crippen molar-refractivity contribution in [1.29, 1.82) is 0 Å². The van der Waals surface area contributed by atoms with Gasteiger partial charge in [0.05, 0.1) is 0 Å². The number of nitrogens with zero attached hydrogens (tertiary/aromatic N) is 4. The second kappa shape index (κ2) is 5.21. The molecule has 3 fully saturated rings. The van der Waals surface area contributed by atoms with E-state index >= 15 is 0 Å². The van der Waals surface area contributed by atoms with Crippen LogP contribution in [0.1, 0.15) is 50.2 Å². The van der Waals surface area contributed by atoms with Crippen LogP contribution in [-0.4, -0.2) is 25.3 Å². The first-order chi connectivity index (χ1) is 12.2. The van der Waals surface area contributed by atoms with Crippen LogP contribution in [0.5, 0.6) is 0 Å². The molecule has 7 heteroatoms. The Morgan fingerprint density at radius 1 is 0.960 bits per heavy atom. The van der Waals surface area contributed by atoms with Crippen molar-refractivity contribution in [1.82, 2.24) is 25.3 Å². The summed E-state index contributed by atoms with van der Waals surface area (Å²) in [6.07, 6.45) is 7.78. The molecule has 0 unspecified atom stereocenters. The van der Waals surface area contributed by atoms with Gasteiger partial charge in [-0.25, -0.2) is 9.37 Å². The minimum absolute atomic E-state index is 0.0347. The summed E-state index contributed by atoms with van der Waals surface area (Å²) in [6.45, 7) is 0. The lowest BCUT2D eigenvalue weighted by atomic mass is 9.53. The van der Waals surface area contributed by atoms with Gasteiger partial charge >= 0.3 is 0 Å². The van der Waals surface area contributed by atoms with Crippen molar-refractivity contribution in [3.05, 3.63) is 48.1 Å². The second-order valence-electron chi connectivity index (χ2n) is 7.32. The van der Waals surface area contributed by atoms with Crippen molar-refractivity contribution in [3.63, 3.8) is 0 Å². The minimum atomic E-state index is -0.269. The predicted octanol–water partition coefficient (Wildman–Crippen LogP) is 3.54. The molecule has 0 atom stereocenters. The number of aromatic nitrogens is 5. The molecule has 0 amide bonds. The van der Waals surface area contributed by atoms with Gasteiger partial charge in [-0.05, 0) is 62.8 Å². The Morgan fingerprint density at radius 2 is 1.64 bits per heavy atom. The molecule has 3 saturated carbocycles. The number of H-pyrrole nitrogens is 1. The number of nitrogens with one attached hydrogen (secondary N) is 1. The Balaban J connectivity index is 1.41. The Labute approximate surface area is 143 Å². The molecule has 1 N–H and O–H groups in total. The van der Waals surface area contributed by atoms with E-state index in [1.54, 1.807) is 18.5 Å². The smallest absolute Gasteiger partial charge is 0.233 e. The summed E-state index contributed by atoms with van der Waals surface area (Å²) >= 11 is 0. The molecule has 3 aliphatic carbocycles. The van der Waals surface area contributed by atoms with E-state index in [4.69, 9.17) is 4.52 Å². The molecule has 1 aromatic carbocycles. The maximum atomic E-state index is 13.1. The lowest BCUT2D eigenvalue weighted by Gasteiger charge is -2.50. The molecule has 3 aliphatic rings. The van der Waals surface area contributed by atoms with E-state index in [1.165, 1.54) is 12.1 Å². The monoisotopic (exact) mass is 339 g/mol. The molecular weight excluding hydrogens is 321 g/mol. The summed E-state index contributed by atoms with van der Waals surface area (Å²) in [7, 11) is 0. The van der Waals surface area contributed by atoms with Crippen LogP contribution in [0.3, 0.4) is 0 Å². The van der Waals surface area contributed by atoms with E-state index < -0.39 is 0 Å². The van der Waals surface area contributed by atoms with Crippen molar-refractivity contribution in [2.24, 2.45) is 0 Å². The largest absolute Gasteiger partial charge is 0.338 e. The number of aromatic amines is 1. The SMILES string of the molecule is Fc1ccc(-c2noc(C34CCC(c5ncn[nH]5)(CC3)CC4)n2)cc1. The van der Waals surface area contributed by atoms with E-state index in [9.17, 15) is 4.39 Å². The average Bonchev–Trinajstić information content (AvgIpc) is 3.37. The predicted molar refractivity (Wildman–Crippen MR) is 87.1 cm³/mol. The standard InChI is InChI=1S/C18H18FN5O/c19-13-3-1-12(2-4-13)14-22-16(25-24-14)18-8-5-17(6-9-18,7-10-18)15-20-11-21-23-15/h1-4,11H,5-10H2,(H,20,21,23). The van der Waals surface area contributed by atoms with Gasteiger partial charge in [0, 0.05) is 16.4 Å². The second-order valence-corrected chi connectivity index (χ2v) is 7.32. The summed E-state index contributed by atoms with van der Waals surface area (Å²) in [5.41, 5.74) is 0.862. The number of fused-ring (bicyclic) bond motifs is 3. The third-order valence-corrected chi connectivity index (χ3v) is 6.15. The molecule has 0 radical (unpaired) electrons. The summed E-state index contributed by atoms with van der Waals surface area (Å²) < 4.78 is 18.7. The van der Waals surface area contributed by atoms with Crippen LogP contribution >= 0.6 is 0 Å². The van der Waals surface area contributed by atoms with Gasteiger partial charge in [0.2, 0.25) is 11.7 Å². The number of halogens is 1. The van der Waals surface area contributed by atoms with Crippen molar-refractivity contribution in [2.75, 3.05) is 0 Å². The van der Waals surface area contributed by atoms with E-state index in [0.29, 0.717) is 5.82 Å². The fraction of sp³-hybridized carbons (Fsp3) is 0.444. The number of hydrogen-bond acceptors (Lipinski definition) is 5. The molecule has 0 aliphatic heterocycles. The van der Waals surface area contributed by atoms with Crippen LogP contribution in [0.15, 0.2) is 35.1 Å². The molecule has 6 rings (SSSR count). The third-order valence-electron chi connectivity index (χ3n) is 6.15. The van der Waals surface area contributed by atoms with Crippen LogP contribution < -0.4 is 0 Å². The zero-order valence-corrected chi connectivity index (χ0v) is 13.7. The van der Waals surface area contributed by atoms with E-state index in [1.807, 2.05) is 0 Å². The molecular formula is C18H18FN5O. The van der Waals surface area contributed by atoms with Gasteiger partial charge in [-0.3, -0.25) is 5.10 Å². The molecule has 2 bridgehead atoms. The highest BCUT2D eigenvalue weighted by Crippen LogP contribution is 2.57. The Hall–Kier alpha value is -2.57. The van der Waals surface area contributed by atoms with Crippen molar-refractivity contribution < 1.29 is 8.91 Å². The van der Waals surface area contributed by atoms with Gasteiger partial charge in [-0.2, -0.15) is 10.1 Å². The molecule has 25 heavy (non-hydrogen) atoms. The Morgan fingerprint density at radius 3 is 2.28 bits per heavy atom. The zero-order chi connectivity index (χ0) is 16.9. The van der Waals surface area contributed by atoms with Gasteiger partial charge in [-0.1, -0.05) is 5.16 Å². The summed E-state index contributed by atoms with van der Waals surface area (Å²) in [4.78, 5) is 9.06. The number of rotatable bonds is 3. The first kappa shape index (κ1) is 14.7. The molecule has 2 heterocycles. The lowest BCUT2D eigenvalue weighted by molar-refractivity contribution is 0.0708. The maximum Gasteiger partial charge on any atom is 0.233 e. The molecule has 0 saturated heterocycles. The number of hydrogen-bond donors (Lipinski definition) is 1. The number of benzene rings is 1. The Bertz CT molecular complexity index is 862. The van der Waals surface area contributed by atoms with Gasteiger partial charge in [0.25, 0.3) is 0 Å². The van der Waals surface area contributed by atoms with Crippen molar-refractivity contribution >= 4 is 0 Å². The first-order valence-corrected chi connectivity index (χ1v) is 8.65. The maximum absolute atomic E-state index is 13.1. The first-order valence-electron chi connectivity index (χ1n) is 8.65. The highest BCUT2D eigenvalue weighted by atomic mass is 19.1. The average molecular weight is 339 g/mol. The van der Waals surface area contributed by atoms with E-state index in [2.05, 4.69) is 25.3 Å². The highest BCUT2D eigenvalue weighted by Gasteiger charge is 2.53. The summed E-state index contributed by atoms with van der Waals surface area (Å²) in [6, 6.07) is 6.18. The van der Waals surface area contributed by atoms with Crippen LogP contribution in [-0.2, 0) is 10.8 Å². The minimum Gasteiger partial charge on any atom is -0.338 e. The third kappa shape index (κ3) is 2.22. The van der Waals surface area contributed by atoms with Gasteiger partial charge in [0.15, 0.2) is 0 Å². The highest BCUT2D eigenvalue weighted by molar-refractivity contribution is 5.54. The Kier molecular flexibility index (Phi) is 3.07. The molecule has 0 spiro atoms. The van der Waals surface area contributed by atoms with Gasteiger partial charge in [0.1, 0.15) is 18.0 Å². The zero-order valence-electron chi connectivity index (χ0n) is 13.7. The van der Waals surface area contributed by atoms with Crippen molar-refractivity contribution in [2.45, 2.75) is 49.4 Å². The van der Waals surface area contributed by atoms with Crippen LogP contribution in [0.2, 0.25) is 0 Å². The molecule has 128 valence electrons. The van der Waals surface area contributed by atoms with Crippen molar-refractivity contribution in [3.8, 4) is 11.4 Å². The summed E-state index contributed by atoms with van der Waals surface area (Å²) in [5.74, 6) is 1.99.